The van der Waals surface area contributed by atoms with E-state index in [1.54, 1.807) is 24.3 Å². The maximum absolute atomic E-state index is 14.0. The molecular formula is C20H17ClFN5O2. The van der Waals surface area contributed by atoms with Gasteiger partial charge in [0.05, 0.1) is 17.3 Å². The number of aromatic nitrogens is 2. The summed E-state index contributed by atoms with van der Waals surface area (Å²) in [6.45, 7) is 2.09. The van der Waals surface area contributed by atoms with Crippen LogP contribution in [0.4, 0.5) is 16.2 Å². The highest BCUT2D eigenvalue weighted by Gasteiger charge is 2.16. The van der Waals surface area contributed by atoms with Crippen LogP contribution in [0, 0.1) is 17.1 Å². The van der Waals surface area contributed by atoms with Crippen molar-refractivity contribution in [3.63, 3.8) is 0 Å². The molecule has 1 heterocycles. The van der Waals surface area contributed by atoms with Gasteiger partial charge in [-0.2, -0.15) is 10.2 Å². The Balaban J connectivity index is 1.97. The number of rotatable bonds is 6. The van der Waals surface area contributed by atoms with Gasteiger partial charge < -0.3 is 20.9 Å². The van der Waals surface area contributed by atoms with Gasteiger partial charge in [-0.15, -0.1) is 0 Å². The van der Waals surface area contributed by atoms with Crippen LogP contribution in [0.15, 0.2) is 36.4 Å². The Hall–Kier alpha value is -3.57. The van der Waals surface area contributed by atoms with Gasteiger partial charge in [-0.25, -0.2) is 9.37 Å². The molecule has 0 aliphatic heterocycles. The fourth-order valence-corrected chi connectivity index (χ4v) is 2.90. The quantitative estimate of drug-likeness (QED) is 0.627. The van der Waals surface area contributed by atoms with E-state index in [1.165, 1.54) is 12.1 Å². The van der Waals surface area contributed by atoms with Crippen molar-refractivity contribution in [2.45, 2.75) is 13.5 Å². The number of nitrogens with zero attached hydrogens (tertiary/aromatic N) is 3. The number of nitrogen functional groups attached to an aromatic ring is 2. The summed E-state index contributed by atoms with van der Waals surface area (Å²) in [4.78, 5) is 7.93. The molecule has 3 aromatic rings. The first-order chi connectivity index (χ1) is 13.9. The Bertz CT molecular complexity index is 1080. The van der Waals surface area contributed by atoms with Crippen molar-refractivity contribution in [1.29, 1.82) is 5.26 Å². The zero-order valence-corrected chi connectivity index (χ0v) is 16.2. The van der Waals surface area contributed by atoms with Crippen LogP contribution < -0.4 is 20.9 Å². The molecule has 3 rings (SSSR count). The Labute approximate surface area is 171 Å². The van der Waals surface area contributed by atoms with Crippen molar-refractivity contribution in [3.8, 4) is 28.8 Å². The summed E-state index contributed by atoms with van der Waals surface area (Å²) in [6.07, 6.45) is 0. The van der Waals surface area contributed by atoms with Crippen LogP contribution in [0.1, 0.15) is 18.1 Å². The maximum atomic E-state index is 14.0. The third-order valence-electron chi connectivity index (χ3n) is 4.02. The minimum atomic E-state index is -0.460. The van der Waals surface area contributed by atoms with Crippen molar-refractivity contribution in [1.82, 2.24) is 9.97 Å². The summed E-state index contributed by atoms with van der Waals surface area (Å²) in [5.41, 5.74) is 12.6. The molecule has 0 atom stereocenters. The van der Waals surface area contributed by atoms with Gasteiger partial charge in [-0.05, 0) is 37.3 Å². The van der Waals surface area contributed by atoms with Crippen LogP contribution in [0.2, 0.25) is 5.02 Å². The van der Waals surface area contributed by atoms with Crippen molar-refractivity contribution >= 4 is 23.4 Å². The van der Waals surface area contributed by atoms with Gasteiger partial charge in [0.15, 0.2) is 11.5 Å². The lowest BCUT2D eigenvalue weighted by Crippen LogP contribution is -2.05. The number of nitriles is 1. The molecule has 9 heteroatoms. The molecule has 4 N–H and O–H groups in total. The molecule has 0 bridgehead atoms. The van der Waals surface area contributed by atoms with Crippen molar-refractivity contribution < 1.29 is 13.9 Å². The molecule has 0 saturated carbocycles. The highest BCUT2D eigenvalue weighted by Crippen LogP contribution is 2.35. The molecule has 2 aromatic carbocycles. The molecule has 0 fully saturated rings. The summed E-state index contributed by atoms with van der Waals surface area (Å²) >= 11 is 6.05. The van der Waals surface area contributed by atoms with Gasteiger partial charge in [-0.3, -0.25) is 0 Å². The van der Waals surface area contributed by atoms with Crippen LogP contribution in [0.3, 0.4) is 0 Å². The van der Waals surface area contributed by atoms with E-state index in [9.17, 15) is 9.65 Å². The molecule has 7 nitrogen and oxygen atoms in total. The number of anilines is 2. The summed E-state index contributed by atoms with van der Waals surface area (Å²) < 4.78 is 25.4. The standard InChI is InChI=1S/C20H17ClFN5O2/c1-2-28-17-8-11(18-12(9-23)19(24)27-20(25)26-18)6-7-16(17)29-10-13-14(21)4-3-5-15(13)22/h3-8H,2,10H2,1H3,(H4,24,25,26,27). The van der Waals surface area contributed by atoms with Crippen LogP contribution in [-0.2, 0) is 6.61 Å². The zero-order chi connectivity index (χ0) is 21.0. The second-order valence-electron chi connectivity index (χ2n) is 5.89. The summed E-state index contributed by atoms with van der Waals surface area (Å²) in [7, 11) is 0. The second-order valence-corrected chi connectivity index (χ2v) is 6.29. The largest absolute Gasteiger partial charge is 0.490 e. The molecular weight excluding hydrogens is 397 g/mol. The lowest BCUT2D eigenvalue weighted by molar-refractivity contribution is 0.266. The van der Waals surface area contributed by atoms with Crippen molar-refractivity contribution in [2.24, 2.45) is 0 Å². The molecule has 0 saturated heterocycles. The molecule has 0 amide bonds. The summed E-state index contributed by atoms with van der Waals surface area (Å²) in [6, 6.07) is 11.3. The average Bonchev–Trinajstić information content (AvgIpc) is 2.68. The van der Waals surface area contributed by atoms with E-state index in [1.807, 2.05) is 13.0 Å². The van der Waals surface area contributed by atoms with Gasteiger partial charge in [0, 0.05) is 11.1 Å². The molecule has 0 radical (unpaired) electrons. The van der Waals surface area contributed by atoms with Crippen LogP contribution in [0.25, 0.3) is 11.3 Å². The maximum Gasteiger partial charge on any atom is 0.222 e. The first-order valence-corrected chi connectivity index (χ1v) is 8.98. The number of ether oxygens (including phenoxy) is 2. The van der Waals surface area contributed by atoms with E-state index in [0.29, 0.717) is 23.7 Å². The van der Waals surface area contributed by atoms with Crippen LogP contribution >= 0.6 is 11.6 Å². The smallest absolute Gasteiger partial charge is 0.222 e. The van der Waals surface area contributed by atoms with Gasteiger partial charge in [0.25, 0.3) is 0 Å². The van der Waals surface area contributed by atoms with Crippen LogP contribution in [-0.4, -0.2) is 16.6 Å². The predicted octanol–water partition coefficient (Wildman–Crippen LogP) is 3.95. The highest BCUT2D eigenvalue weighted by atomic mass is 35.5. The van der Waals surface area contributed by atoms with Gasteiger partial charge >= 0.3 is 0 Å². The van der Waals surface area contributed by atoms with E-state index >= 15 is 0 Å². The molecule has 29 heavy (non-hydrogen) atoms. The molecule has 0 aliphatic rings. The van der Waals surface area contributed by atoms with E-state index in [-0.39, 0.29) is 40.2 Å². The van der Waals surface area contributed by atoms with Crippen molar-refractivity contribution in [3.05, 3.63) is 58.4 Å². The molecule has 0 spiro atoms. The third-order valence-corrected chi connectivity index (χ3v) is 4.37. The first-order valence-electron chi connectivity index (χ1n) is 8.60. The van der Waals surface area contributed by atoms with E-state index in [0.717, 1.165) is 0 Å². The van der Waals surface area contributed by atoms with E-state index in [2.05, 4.69) is 9.97 Å². The number of hydrogen-bond donors (Lipinski definition) is 2. The average molecular weight is 414 g/mol. The number of hydrogen-bond acceptors (Lipinski definition) is 7. The number of benzene rings is 2. The number of halogens is 2. The minimum absolute atomic E-state index is 0.0116. The predicted molar refractivity (Wildman–Crippen MR) is 108 cm³/mol. The van der Waals surface area contributed by atoms with Crippen LogP contribution in [0.5, 0.6) is 11.5 Å². The summed E-state index contributed by atoms with van der Waals surface area (Å²) in [5.74, 6) is 0.240. The highest BCUT2D eigenvalue weighted by molar-refractivity contribution is 6.31. The first kappa shape index (κ1) is 20.2. The normalized spacial score (nSPS) is 10.4. The van der Waals surface area contributed by atoms with E-state index in [4.69, 9.17) is 32.5 Å². The number of nitrogens with two attached hydrogens (primary N) is 2. The van der Waals surface area contributed by atoms with Gasteiger partial charge in [0.1, 0.15) is 29.9 Å². The Morgan fingerprint density at radius 2 is 1.93 bits per heavy atom. The lowest BCUT2D eigenvalue weighted by Gasteiger charge is -2.15. The fourth-order valence-electron chi connectivity index (χ4n) is 2.68. The van der Waals surface area contributed by atoms with Gasteiger partial charge in [-0.1, -0.05) is 17.7 Å². The molecule has 148 valence electrons. The minimum Gasteiger partial charge on any atom is -0.490 e. The summed E-state index contributed by atoms with van der Waals surface area (Å²) in [5, 5.41) is 9.65. The monoisotopic (exact) mass is 413 g/mol. The topological polar surface area (TPSA) is 120 Å². The second kappa shape index (κ2) is 8.63. The van der Waals surface area contributed by atoms with Crippen molar-refractivity contribution in [2.75, 3.05) is 18.1 Å². The Morgan fingerprint density at radius 3 is 2.62 bits per heavy atom. The SMILES string of the molecule is CCOc1cc(-c2nc(N)nc(N)c2C#N)ccc1OCc1c(F)cccc1Cl. The molecule has 0 aliphatic carbocycles. The Kier molecular flexibility index (Phi) is 6.00. The van der Waals surface area contributed by atoms with Gasteiger partial charge in [0.2, 0.25) is 5.95 Å². The van der Waals surface area contributed by atoms with E-state index < -0.39 is 5.82 Å². The third kappa shape index (κ3) is 4.31. The zero-order valence-electron chi connectivity index (χ0n) is 15.4. The lowest BCUT2D eigenvalue weighted by atomic mass is 10.1. The Morgan fingerprint density at radius 1 is 1.14 bits per heavy atom. The molecule has 0 unspecified atom stereocenters. The molecule has 1 aromatic heterocycles. The fraction of sp³-hybridized carbons (Fsp3) is 0.150.